The molecule has 0 unspecified atom stereocenters. The molecule has 0 fully saturated rings. The second-order valence-electron chi connectivity index (χ2n) is 14.5. The lowest BCUT2D eigenvalue weighted by molar-refractivity contribution is 0.669. The Hall–Kier alpha value is -7.36. The van der Waals surface area contributed by atoms with Gasteiger partial charge >= 0.3 is 0 Å². The number of benzene rings is 10. The Morgan fingerprint density at radius 2 is 0.982 bits per heavy atom. The zero-order valence-electron chi connectivity index (χ0n) is 29.8. The van der Waals surface area contributed by atoms with E-state index < -0.39 is 0 Å². The Balaban J connectivity index is 1.02. The summed E-state index contributed by atoms with van der Waals surface area (Å²) in [5, 5.41) is 12.6. The molecule has 0 saturated heterocycles. The molecule has 0 aliphatic rings. The third kappa shape index (κ3) is 4.44. The number of anilines is 3. The van der Waals surface area contributed by atoms with E-state index in [1.165, 1.54) is 70.9 Å². The first-order valence-corrected chi connectivity index (χ1v) is 18.8. The van der Waals surface area contributed by atoms with E-state index in [0.29, 0.717) is 0 Å². The molecule has 55 heavy (non-hydrogen) atoms. The maximum atomic E-state index is 6.32. The summed E-state index contributed by atoms with van der Waals surface area (Å²) in [4.78, 5) is 2.30. The molecular weight excluding hydrogens is 669 g/mol. The van der Waals surface area contributed by atoms with Crippen LogP contribution in [0.25, 0.3) is 92.9 Å². The fraction of sp³-hybridized carbons (Fsp3) is 0. The van der Waals surface area contributed by atoms with Crippen molar-refractivity contribution in [1.29, 1.82) is 0 Å². The number of para-hydroxylation sites is 4. The van der Waals surface area contributed by atoms with Crippen LogP contribution in [0.5, 0.6) is 0 Å². The van der Waals surface area contributed by atoms with Gasteiger partial charge in [0.15, 0.2) is 0 Å². The molecule has 2 heterocycles. The van der Waals surface area contributed by atoms with Crippen LogP contribution in [0.3, 0.4) is 0 Å². The van der Waals surface area contributed by atoms with Gasteiger partial charge in [0.25, 0.3) is 0 Å². The van der Waals surface area contributed by atoms with Gasteiger partial charge in [0.05, 0.1) is 11.0 Å². The van der Waals surface area contributed by atoms with E-state index >= 15 is 0 Å². The number of hydrogen-bond donors (Lipinski definition) is 0. The Labute approximate surface area is 316 Å². The molecule has 256 valence electrons. The molecule has 0 aliphatic heterocycles. The molecule has 3 nitrogen and oxygen atoms in total. The van der Waals surface area contributed by atoms with Gasteiger partial charge < -0.3 is 13.9 Å². The number of aromatic nitrogens is 1. The topological polar surface area (TPSA) is 21.3 Å². The first-order chi connectivity index (χ1) is 27.3. The number of nitrogens with zero attached hydrogens (tertiary/aromatic N) is 2. The second-order valence-corrected chi connectivity index (χ2v) is 14.5. The van der Waals surface area contributed by atoms with Crippen molar-refractivity contribution in [2.45, 2.75) is 0 Å². The Morgan fingerprint density at radius 3 is 1.84 bits per heavy atom. The second kappa shape index (κ2) is 11.6. The molecule has 3 heteroatoms. The predicted octanol–water partition coefficient (Wildman–Crippen LogP) is 14.7. The van der Waals surface area contributed by atoms with Crippen molar-refractivity contribution in [3.63, 3.8) is 0 Å². The molecule has 0 aliphatic carbocycles. The minimum Gasteiger partial charge on any atom is -0.456 e. The van der Waals surface area contributed by atoms with Crippen LogP contribution in [0.2, 0.25) is 0 Å². The molecule has 0 amide bonds. The lowest BCUT2D eigenvalue weighted by Crippen LogP contribution is -2.09. The van der Waals surface area contributed by atoms with Crippen LogP contribution in [0.15, 0.2) is 199 Å². The average Bonchev–Trinajstić information content (AvgIpc) is 3.79. The zero-order valence-corrected chi connectivity index (χ0v) is 29.8. The first-order valence-electron chi connectivity index (χ1n) is 18.8. The van der Waals surface area contributed by atoms with Gasteiger partial charge in [-0.25, -0.2) is 0 Å². The van der Waals surface area contributed by atoms with Crippen molar-refractivity contribution in [3.05, 3.63) is 194 Å². The summed E-state index contributed by atoms with van der Waals surface area (Å²) in [5.74, 6) is 0. The van der Waals surface area contributed by atoms with Crippen molar-refractivity contribution in [2.75, 3.05) is 4.90 Å². The number of hydrogen-bond acceptors (Lipinski definition) is 2. The van der Waals surface area contributed by atoms with Gasteiger partial charge in [0, 0.05) is 50.4 Å². The van der Waals surface area contributed by atoms with E-state index in [4.69, 9.17) is 4.42 Å². The van der Waals surface area contributed by atoms with E-state index in [-0.39, 0.29) is 0 Å². The molecule has 0 atom stereocenters. The van der Waals surface area contributed by atoms with Crippen molar-refractivity contribution < 1.29 is 4.42 Å². The molecule has 12 aromatic rings. The van der Waals surface area contributed by atoms with E-state index in [9.17, 15) is 0 Å². The minimum atomic E-state index is 0.881. The quantitative estimate of drug-likeness (QED) is 0.167. The normalized spacial score (nSPS) is 12.0. The van der Waals surface area contributed by atoms with E-state index in [1.54, 1.807) is 0 Å². The van der Waals surface area contributed by atoms with Crippen LogP contribution < -0.4 is 4.90 Å². The standard InChI is InChI=1S/C52H32N2O/c1-3-11-36(12-4-1)53(39-26-28-42-41-15-8-10-18-48(41)55-49(42)32-39)38-24-21-33(22-25-38)40-27-23-34-19-20-35-31-47-52(45-30-29-43(40)50(34)51(35)45)44-16-7-9-17-46(44)54(47)37-13-5-2-6-14-37/h1-32H. The van der Waals surface area contributed by atoms with Crippen LogP contribution >= 0.6 is 0 Å². The van der Waals surface area contributed by atoms with Gasteiger partial charge in [-0.05, 0) is 110 Å². The number of rotatable bonds is 5. The highest BCUT2D eigenvalue weighted by atomic mass is 16.3. The van der Waals surface area contributed by atoms with Gasteiger partial charge in [0.1, 0.15) is 11.2 Å². The summed E-state index contributed by atoms with van der Waals surface area (Å²) in [5.41, 5.74) is 11.1. The van der Waals surface area contributed by atoms with Crippen LogP contribution in [-0.2, 0) is 0 Å². The Bertz CT molecular complexity index is 3410. The van der Waals surface area contributed by atoms with E-state index in [1.807, 2.05) is 12.1 Å². The van der Waals surface area contributed by atoms with Gasteiger partial charge in [-0.3, -0.25) is 0 Å². The first kappa shape index (κ1) is 30.1. The van der Waals surface area contributed by atoms with Crippen molar-refractivity contribution in [2.24, 2.45) is 0 Å². The summed E-state index contributed by atoms with van der Waals surface area (Å²) >= 11 is 0. The predicted molar refractivity (Wildman–Crippen MR) is 232 cm³/mol. The smallest absolute Gasteiger partial charge is 0.137 e. The molecule has 10 aromatic carbocycles. The average molecular weight is 701 g/mol. The summed E-state index contributed by atoms with van der Waals surface area (Å²) in [6, 6.07) is 70.2. The molecule has 0 bridgehead atoms. The monoisotopic (exact) mass is 700 g/mol. The lowest BCUT2D eigenvalue weighted by atomic mass is 9.88. The zero-order chi connectivity index (χ0) is 36.0. The Kier molecular flexibility index (Phi) is 6.34. The maximum absolute atomic E-state index is 6.32. The molecular formula is C52H32N2O. The van der Waals surface area contributed by atoms with Crippen molar-refractivity contribution in [1.82, 2.24) is 4.57 Å². The highest BCUT2D eigenvalue weighted by Gasteiger charge is 2.20. The van der Waals surface area contributed by atoms with Crippen molar-refractivity contribution in [3.8, 4) is 16.8 Å². The molecule has 2 aromatic heterocycles. The van der Waals surface area contributed by atoms with Gasteiger partial charge in [-0.1, -0.05) is 121 Å². The molecule has 12 rings (SSSR count). The van der Waals surface area contributed by atoms with Gasteiger partial charge in [-0.2, -0.15) is 0 Å². The summed E-state index contributed by atoms with van der Waals surface area (Å²) in [7, 11) is 0. The minimum absolute atomic E-state index is 0.881. The van der Waals surface area contributed by atoms with Crippen molar-refractivity contribution >= 4 is 93.1 Å². The number of furan rings is 1. The Morgan fingerprint density at radius 1 is 0.364 bits per heavy atom. The molecule has 0 saturated carbocycles. The van der Waals surface area contributed by atoms with E-state index in [2.05, 4.69) is 191 Å². The largest absolute Gasteiger partial charge is 0.456 e. The summed E-state index contributed by atoms with van der Waals surface area (Å²) in [6.07, 6.45) is 0. The third-order valence-electron chi connectivity index (χ3n) is 11.5. The SMILES string of the molecule is c1ccc(N(c2ccc(-c3ccc4ccc5cc6c(c7ccc3c4c57)c3ccccc3n6-c3ccccc3)cc2)c2ccc3c(c2)oc2ccccc23)cc1. The summed E-state index contributed by atoms with van der Waals surface area (Å²) < 4.78 is 8.74. The van der Waals surface area contributed by atoms with E-state index in [0.717, 1.165) is 39.0 Å². The maximum Gasteiger partial charge on any atom is 0.137 e. The van der Waals surface area contributed by atoms with Crippen LogP contribution in [0, 0.1) is 0 Å². The third-order valence-corrected chi connectivity index (χ3v) is 11.5. The van der Waals surface area contributed by atoms with Gasteiger partial charge in [0.2, 0.25) is 0 Å². The highest BCUT2D eigenvalue weighted by Crippen LogP contribution is 2.46. The molecule has 0 spiro atoms. The highest BCUT2D eigenvalue weighted by molar-refractivity contribution is 6.34. The number of fused-ring (bicyclic) bond motifs is 7. The van der Waals surface area contributed by atoms with Crippen LogP contribution in [-0.4, -0.2) is 4.57 Å². The fourth-order valence-electron chi connectivity index (χ4n) is 9.11. The van der Waals surface area contributed by atoms with Crippen LogP contribution in [0.4, 0.5) is 17.1 Å². The lowest BCUT2D eigenvalue weighted by Gasteiger charge is -2.25. The fourth-order valence-corrected chi connectivity index (χ4v) is 9.11. The van der Waals surface area contributed by atoms with Gasteiger partial charge in [-0.15, -0.1) is 0 Å². The van der Waals surface area contributed by atoms with Crippen LogP contribution in [0.1, 0.15) is 0 Å². The molecule has 0 radical (unpaired) electrons. The molecule has 0 N–H and O–H groups in total. The summed E-state index contributed by atoms with van der Waals surface area (Å²) in [6.45, 7) is 0.